The van der Waals surface area contributed by atoms with Crippen LogP contribution in [-0.4, -0.2) is 34.1 Å². The van der Waals surface area contributed by atoms with Crippen molar-refractivity contribution in [3.05, 3.63) is 76.8 Å². The molecule has 1 aromatic heterocycles. The predicted octanol–water partition coefficient (Wildman–Crippen LogP) is 9.90. The van der Waals surface area contributed by atoms with E-state index in [1.807, 2.05) is 41.5 Å². The molecule has 0 aliphatic carbocycles. The molecule has 0 aliphatic heterocycles. The van der Waals surface area contributed by atoms with E-state index >= 15 is 0 Å². The summed E-state index contributed by atoms with van der Waals surface area (Å²) in [4.78, 5) is 21.2. The first-order valence-corrected chi connectivity index (χ1v) is 22.8. The van der Waals surface area contributed by atoms with Gasteiger partial charge in [0.05, 0.1) is 0 Å². The fourth-order valence-electron chi connectivity index (χ4n) is 5.65. The van der Waals surface area contributed by atoms with Crippen LogP contribution in [0.2, 0.25) is 17.3 Å². The van der Waals surface area contributed by atoms with E-state index in [0.717, 1.165) is 40.6 Å². The zero-order chi connectivity index (χ0) is 32.5. The number of aliphatic hydroxyl groups excluding tert-OH is 1. The Balaban J connectivity index is 0.000000363. The van der Waals surface area contributed by atoms with Crippen LogP contribution in [0.5, 0.6) is 0 Å². The normalized spacial score (nSPS) is 12.5. The summed E-state index contributed by atoms with van der Waals surface area (Å²) in [6.07, 6.45) is 4.70. The van der Waals surface area contributed by atoms with E-state index in [4.69, 9.17) is 4.98 Å². The maximum atomic E-state index is 11.8. The van der Waals surface area contributed by atoms with E-state index in [-0.39, 0.29) is 42.5 Å². The summed E-state index contributed by atoms with van der Waals surface area (Å²) in [6, 6.07) is 14.5. The molecule has 1 heterocycles. The molecule has 0 fully saturated rings. The van der Waals surface area contributed by atoms with Crippen molar-refractivity contribution in [3.8, 4) is 11.3 Å². The molecule has 4 aromatic rings. The molecular weight excluding hydrogens is 781 g/mol. The van der Waals surface area contributed by atoms with E-state index < -0.39 is 13.3 Å². The van der Waals surface area contributed by atoms with Crippen LogP contribution in [0.15, 0.2) is 48.5 Å². The van der Waals surface area contributed by atoms with Crippen molar-refractivity contribution in [2.75, 3.05) is 0 Å². The fourth-order valence-corrected chi connectivity index (χ4v) is 10.9. The van der Waals surface area contributed by atoms with E-state index in [2.05, 4.69) is 86.3 Å². The predicted molar refractivity (Wildman–Crippen MR) is 187 cm³/mol. The summed E-state index contributed by atoms with van der Waals surface area (Å²) >= 11 is -2.01. The molecule has 6 heteroatoms. The molecule has 1 N–H and O–H groups in total. The van der Waals surface area contributed by atoms with Crippen LogP contribution in [0.1, 0.15) is 76.6 Å². The van der Waals surface area contributed by atoms with Crippen molar-refractivity contribution < 1.29 is 30.0 Å². The Hall–Kier alpha value is -2.34. The zero-order valence-corrected chi connectivity index (χ0v) is 33.5. The molecule has 4 rings (SSSR count). The largest absolute Gasteiger partial charge is 0 e. The van der Waals surface area contributed by atoms with Gasteiger partial charge in [-0.05, 0) is 12.8 Å². The van der Waals surface area contributed by atoms with Gasteiger partial charge >= 0.3 is 171 Å². The molecule has 0 amide bonds. The van der Waals surface area contributed by atoms with Crippen LogP contribution in [-0.2, 0) is 24.9 Å². The SMILES string of the molecule is CCC(C)(C)C(=O)/C=C(\O)C(C)(C)CC.Cc1[c-]c(-c2ncnc3c2ccc2cc(C)[c]([Ge]([CH3])([CH3])[CH3])c(C)c23)cc(C)c1.[Ir]. The number of hydrogen-bond acceptors (Lipinski definition) is 4. The minimum Gasteiger partial charge on any atom is 0 e. The Kier molecular flexibility index (Phi) is 12.4. The summed E-state index contributed by atoms with van der Waals surface area (Å²) in [7, 11) is 0. The van der Waals surface area contributed by atoms with Gasteiger partial charge in [-0.2, -0.15) is 0 Å². The molecular formula is C38H51GeIrN2O2-. The summed E-state index contributed by atoms with van der Waals surface area (Å²) in [5, 5.41) is 13.5. The minimum atomic E-state index is -2.01. The molecule has 239 valence electrons. The van der Waals surface area contributed by atoms with Crippen molar-refractivity contribution in [2.24, 2.45) is 10.8 Å². The number of carbonyl (C=O) groups is 1. The number of nitrogens with zero attached hydrogens (tertiary/aromatic N) is 2. The van der Waals surface area contributed by atoms with Gasteiger partial charge in [0.1, 0.15) is 5.76 Å². The second-order valence-corrected chi connectivity index (χ2v) is 24.8. The van der Waals surface area contributed by atoms with Crippen molar-refractivity contribution in [2.45, 2.75) is 99.3 Å². The van der Waals surface area contributed by atoms with Crippen molar-refractivity contribution in [3.63, 3.8) is 0 Å². The summed E-state index contributed by atoms with van der Waals surface area (Å²) in [6.45, 7) is 20.4. The molecule has 0 atom stereocenters. The Labute approximate surface area is 281 Å². The number of allylic oxidation sites excluding steroid dienone is 2. The summed E-state index contributed by atoms with van der Waals surface area (Å²) in [5.74, 6) is 7.60. The third-order valence-corrected chi connectivity index (χ3v) is 13.7. The molecule has 0 unspecified atom stereocenters. The number of aryl methyl sites for hydroxylation is 4. The van der Waals surface area contributed by atoms with Gasteiger partial charge in [-0.15, -0.1) is 0 Å². The second-order valence-electron chi connectivity index (χ2n) is 14.3. The van der Waals surface area contributed by atoms with Gasteiger partial charge in [-0.3, -0.25) is 4.79 Å². The quantitative estimate of drug-likeness (QED) is 0.0663. The summed E-state index contributed by atoms with van der Waals surface area (Å²) < 4.78 is 1.60. The number of benzene rings is 3. The second kappa shape index (κ2) is 14.4. The number of fused-ring (bicyclic) bond motifs is 3. The third-order valence-electron chi connectivity index (χ3n) is 8.90. The van der Waals surface area contributed by atoms with Gasteiger partial charge < -0.3 is 5.11 Å². The monoisotopic (exact) mass is 834 g/mol. The van der Waals surface area contributed by atoms with Crippen molar-refractivity contribution in [1.29, 1.82) is 0 Å². The first kappa shape index (κ1) is 37.8. The standard InChI is InChI=1S/C25H27GeN2.C13H24O2.Ir/c1-15-10-16(2)12-20(11-15)24-21-9-8-19-13-17(3)23(26(5,6)7)18(4)22(19)25(21)28-14-27-24;1-7-12(3,4)10(14)9-11(15)13(5,6)8-2;/h8-11,13-14H,1-7H3;9,14H,7-8H2,1-6H3;/q-1;;/b;10-9-;. The maximum absolute atomic E-state index is 11.8. The topological polar surface area (TPSA) is 63.1 Å². The van der Waals surface area contributed by atoms with E-state index in [1.54, 1.807) is 10.7 Å². The molecule has 0 saturated heterocycles. The molecule has 1 radical (unpaired) electrons. The van der Waals surface area contributed by atoms with Crippen LogP contribution in [0.4, 0.5) is 0 Å². The first-order chi connectivity index (χ1) is 19.8. The molecule has 44 heavy (non-hydrogen) atoms. The number of aromatic nitrogens is 2. The van der Waals surface area contributed by atoms with Gasteiger partial charge in [0.15, 0.2) is 5.78 Å². The van der Waals surface area contributed by atoms with Crippen LogP contribution < -0.4 is 4.40 Å². The van der Waals surface area contributed by atoms with Gasteiger partial charge in [0.25, 0.3) is 0 Å². The van der Waals surface area contributed by atoms with E-state index in [1.165, 1.54) is 33.5 Å². The number of rotatable bonds is 7. The number of carbonyl (C=O) groups excluding carboxylic acids is 1. The molecule has 4 nitrogen and oxygen atoms in total. The van der Waals surface area contributed by atoms with Crippen LogP contribution in [0.3, 0.4) is 0 Å². The minimum absolute atomic E-state index is 0. The Morgan fingerprint density at radius 1 is 0.932 bits per heavy atom. The van der Waals surface area contributed by atoms with Crippen LogP contribution >= 0.6 is 0 Å². The third kappa shape index (κ3) is 8.27. The zero-order valence-electron chi connectivity index (χ0n) is 29.0. The van der Waals surface area contributed by atoms with Gasteiger partial charge in [0.2, 0.25) is 0 Å². The Morgan fingerprint density at radius 3 is 2.09 bits per heavy atom. The Morgan fingerprint density at radius 2 is 1.55 bits per heavy atom. The van der Waals surface area contributed by atoms with Gasteiger partial charge in [-0.25, -0.2) is 0 Å². The smallest absolute Gasteiger partial charge is 0 e. The molecule has 0 spiro atoms. The Bertz CT molecular complexity index is 1680. The van der Waals surface area contributed by atoms with Crippen molar-refractivity contribution >= 4 is 45.1 Å². The van der Waals surface area contributed by atoms with E-state index in [0.29, 0.717) is 0 Å². The van der Waals surface area contributed by atoms with E-state index in [9.17, 15) is 9.90 Å². The van der Waals surface area contributed by atoms with Crippen LogP contribution in [0.25, 0.3) is 32.9 Å². The number of ketones is 1. The van der Waals surface area contributed by atoms with Gasteiger partial charge in [0, 0.05) is 37.0 Å². The molecule has 0 aliphatic rings. The van der Waals surface area contributed by atoms with Crippen LogP contribution in [0, 0.1) is 44.6 Å². The maximum Gasteiger partial charge on any atom is 0 e. The molecule has 3 aromatic carbocycles. The van der Waals surface area contributed by atoms with Crippen molar-refractivity contribution in [1.82, 2.24) is 9.97 Å². The average Bonchev–Trinajstić information content (AvgIpc) is 2.91. The summed E-state index contributed by atoms with van der Waals surface area (Å²) in [5.41, 5.74) is 7.58. The van der Waals surface area contributed by atoms with Gasteiger partial charge in [-0.1, -0.05) is 41.5 Å². The molecule has 0 saturated carbocycles. The molecule has 0 bridgehead atoms. The number of hydrogen-bond donors (Lipinski definition) is 1. The average molecular weight is 833 g/mol. The fraction of sp³-hybridized carbons (Fsp3) is 0.447. The number of aliphatic hydroxyl groups is 1. The first-order valence-electron chi connectivity index (χ1n) is 15.5.